The summed E-state index contributed by atoms with van der Waals surface area (Å²) in [6, 6.07) is 7.18. The van der Waals surface area contributed by atoms with Gasteiger partial charge in [-0.3, -0.25) is 9.59 Å². The van der Waals surface area contributed by atoms with E-state index in [4.69, 9.17) is 20.8 Å². The van der Waals surface area contributed by atoms with Crippen molar-refractivity contribution in [2.24, 2.45) is 0 Å². The van der Waals surface area contributed by atoms with E-state index >= 15 is 0 Å². The molecule has 0 radical (unpaired) electrons. The number of aromatic nitrogens is 1. The fourth-order valence-corrected chi connectivity index (χ4v) is 2.80. The van der Waals surface area contributed by atoms with Crippen molar-refractivity contribution >= 4 is 40.1 Å². The van der Waals surface area contributed by atoms with Crippen molar-refractivity contribution in [2.75, 3.05) is 5.32 Å². The van der Waals surface area contributed by atoms with Gasteiger partial charge in [0.1, 0.15) is 5.58 Å². The Bertz CT molecular complexity index is 1010. The number of amides is 1. The third-order valence-corrected chi connectivity index (χ3v) is 4.60. The zero-order valence-electron chi connectivity index (χ0n) is 15.2. The Balaban J connectivity index is 1.64. The molecule has 7 heteroatoms. The highest BCUT2D eigenvalue weighted by molar-refractivity contribution is 6.32. The van der Waals surface area contributed by atoms with Gasteiger partial charge in [0.15, 0.2) is 11.3 Å². The van der Waals surface area contributed by atoms with E-state index in [2.05, 4.69) is 10.3 Å². The number of nitrogens with one attached hydrogen (secondary N) is 1. The number of anilines is 1. The van der Waals surface area contributed by atoms with E-state index in [1.54, 1.807) is 18.4 Å². The normalized spacial score (nSPS) is 12.0. The number of ether oxygens (including phenoxy) is 1. The quantitative estimate of drug-likeness (QED) is 0.524. The molecule has 2 aromatic heterocycles. The van der Waals surface area contributed by atoms with Crippen molar-refractivity contribution in [1.82, 2.24) is 4.98 Å². The summed E-state index contributed by atoms with van der Waals surface area (Å²) in [5, 5.41) is 3.62. The highest BCUT2D eigenvalue weighted by Crippen LogP contribution is 2.25. The van der Waals surface area contributed by atoms with E-state index in [0.717, 1.165) is 27.7 Å². The number of carbonyl (C=O) groups excluding carboxylic acids is 2. The van der Waals surface area contributed by atoms with Crippen LogP contribution in [0, 0.1) is 13.8 Å². The standard InChI is InChI=1S/C20H19ClN2O4/c1-11-7-15-14(10-26-17(15)8-12(11)2)9-18(24)27-13(3)20(25)23-16-5-4-6-22-19(16)21/h4-8,10,13H,9H2,1-3H3,(H,23,25)/t13-/m0/s1. The molecule has 0 unspecified atom stereocenters. The van der Waals surface area contributed by atoms with Crippen LogP contribution in [0.4, 0.5) is 5.69 Å². The first-order valence-electron chi connectivity index (χ1n) is 8.43. The van der Waals surface area contributed by atoms with Crippen molar-refractivity contribution in [3.63, 3.8) is 0 Å². The molecule has 0 fully saturated rings. The minimum absolute atomic E-state index is 0.0147. The van der Waals surface area contributed by atoms with Crippen molar-refractivity contribution in [2.45, 2.75) is 33.3 Å². The van der Waals surface area contributed by atoms with E-state index in [-0.39, 0.29) is 11.6 Å². The van der Waals surface area contributed by atoms with E-state index in [1.807, 2.05) is 26.0 Å². The first-order chi connectivity index (χ1) is 12.8. The van der Waals surface area contributed by atoms with Gasteiger partial charge in [-0.15, -0.1) is 0 Å². The van der Waals surface area contributed by atoms with Crippen LogP contribution in [0.25, 0.3) is 11.0 Å². The molecule has 0 saturated carbocycles. The lowest BCUT2D eigenvalue weighted by molar-refractivity contribution is -0.152. The van der Waals surface area contributed by atoms with Crippen LogP contribution in [0.15, 0.2) is 41.1 Å². The summed E-state index contributed by atoms with van der Waals surface area (Å²) in [5.74, 6) is -1.00. The summed E-state index contributed by atoms with van der Waals surface area (Å²) in [7, 11) is 0. The van der Waals surface area contributed by atoms with Crippen LogP contribution >= 0.6 is 11.6 Å². The number of halogens is 1. The Morgan fingerprint density at radius 2 is 2.04 bits per heavy atom. The lowest BCUT2D eigenvalue weighted by atomic mass is 10.0. The van der Waals surface area contributed by atoms with Crippen molar-refractivity contribution in [3.05, 3.63) is 58.6 Å². The molecule has 1 amide bonds. The molecular formula is C20H19ClN2O4. The Labute approximate surface area is 161 Å². The Morgan fingerprint density at radius 3 is 2.78 bits per heavy atom. The monoisotopic (exact) mass is 386 g/mol. The number of esters is 1. The molecular weight excluding hydrogens is 368 g/mol. The fourth-order valence-electron chi connectivity index (χ4n) is 2.63. The predicted octanol–water partition coefficient (Wildman–Crippen LogP) is 4.21. The molecule has 0 aliphatic carbocycles. The molecule has 0 saturated heterocycles. The Hall–Kier alpha value is -2.86. The molecule has 1 N–H and O–H groups in total. The number of furan rings is 1. The molecule has 0 aliphatic heterocycles. The number of nitrogens with zero attached hydrogens (tertiary/aromatic N) is 1. The number of pyridine rings is 1. The highest BCUT2D eigenvalue weighted by Gasteiger charge is 2.20. The van der Waals surface area contributed by atoms with Crippen LogP contribution < -0.4 is 5.32 Å². The molecule has 1 aromatic carbocycles. The predicted molar refractivity (Wildman–Crippen MR) is 103 cm³/mol. The lowest BCUT2D eigenvalue weighted by Crippen LogP contribution is -2.30. The van der Waals surface area contributed by atoms with Crippen molar-refractivity contribution in [1.29, 1.82) is 0 Å². The third-order valence-electron chi connectivity index (χ3n) is 4.30. The van der Waals surface area contributed by atoms with E-state index in [0.29, 0.717) is 5.69 Å². The number of carbonyl (C=O) groups is 2. The second-order valence-electron chi connectivity index (χ2n) is 6.33. The maximum atomic E-state index is 12.3. The molecule has 140 valence electrons. The van der Waals surface area contributed by atoms with Gasteiger partial charge in [-0.1, -0.05) is 11.6 Å². The number of hydrogen-bond acceptors (Lipinski definition) is 5. The van der Waals surface area contributed by atoms with Gasteiger partial charge < -0.3 is 14.5 Å². The van der Waals surface area contributed by atoms with Gasteiger partial charge >= 0.3 is 5.97 Å². The van der Waals surface area contributed by atoms with Gasteiger partial charge in [-0.25, -0.2) is 4.98 Å². The molecule has 1 atom stereocenters. The minimum atomic E-state index is -0.976. The molecule has 0 spiro atoms. The molecule has 3 aromatic rings. The second-order valence-corrected chi connectivity index (χ2v) is 6.69. The van der Waals surface area contributed by atoms with Gasteiger partial charge in [0, 0.05) is 17.1 Å². The molecule has 2 heterocycles. The smallest absolute Gasteiger partial charge is 0.311 e. The average molecular weight is 387 g/mol. The zero-order chi connectivity index (χ0) is 19.6. The van der Waals surface area contributed by atoms with Crippen LogP contribution in [-0.2, 0) is 20.7 Å². The Kier molecular flexibility index (Phi) is 5.46. The number of aryl methyl sites for hydroxylation is 2. The number of hydrogen-bond donors (Lipinski definition) is 1. The fraction of sp³-hybridized carbons (Fsp3) is 0.250. The maximum Gasteiger partial charge on any atom is 0.311 e. The maximum absolute atomic E-state index is 12.3. The first-order valence-corrected chi connectivity index (χ1v) is 8.81. The largest absolute Gasteiger partial charge is 0.464 e. The van der Waals surface area contributed by atoms with Gasteiger partial charge in [0.05, 0.1) is 18.4 Å². The van der Waals surface area contributed by atoms with Gasteiger partial charge in [0.2, 0.25) is 0 Å². The topological polar surface area (TPSA) is 81.4 Å². The number of fused-ring (bicyclic) bond motifs is 1. The lowest BCUT2D eigenvalue weighted by Gasteiger charge is -2.13. The van der Waals surface area contributed by atoms with Gasteiger partial charge in [-0.2, -0.15) is 0 Å². The third kappa shape index (κ3) is 4.28. The van der Waals surface area contributed by atoms with Gasteiger partial charge in [-0.05, 0) is 56.2 Å². The van der Waals surface area contributed by atoms with Crippen LogP contribution in [0.5, 0.6) is 0 Å². The minimum Gasteiger partial charge on any atom is -0.464 e. The van der Waals surface area contributed by atoms with E-state index in [9.17, 15) is 9.59 Å². The molecule has 6 nitrogen and oxygen atoms in total. The summed E-state index contributed by atoms with van der Waals surface area (Å²) < 4.78 is 10.8. The highest BCUT2D eigenvalue weighted by atomic mass is 35.5. The van der Waals surface area contributed by atoms with Crippen LogP contribution in [0.2, 0.25) is 5.15 Å². The van der Waals surface area contributed by atoms with E-state index in [1.165, 1.54) is 13.1 Å². The first kappa shape index (κ1) is 18.9. The van der Waals surface area contributed by atoms with Crippen molar-refractivity contribution < 1.29 is 18.7 Å². The summed E-state index contributed by atoms with van der Waals surface area (Å²) in [6.07, 6.45) is 2.10. The van der Waals surface area contributed by atoms with Crippen LogP contribution in [0.3, 0.4) is 0 Å². The summed E-state index contributed by atoms with van der Waals surface area (Å²) in [6.45, 7) is 5.50. The van der Waals surface area contributed by atoms with Gasteiger partial charge in [0.25, 0.3) is 5.91 Å². The zero-order valence-corrected chi connectivity index (χ0v) is 16.0. The SMILES string of the molecule is Cc1cc2occ(CC(=O)O[C@@H](C)C(=O)Nc3cccnc3Cl)c2cc1C. The molecule has 3 rings (SSSR count). The summed E-state index contributed by atoms with van der Waals surface area (Å²) >= 11 is 5.91. The second kappa shape index (κ2) is 7.80. The van der Waals surface area contributed by atoms with Crippen molar-refractivity contribution in [3.8, 4) is 0 Å². The molecule has 0 bridgehead atoms. The van der Waals surface area contributed by atoms with Crippen LogP contribution in [0.1, 0.15) is 23.6 Å². The molecule has 27 heavy (non-hydrogen) atoms. The molecule has 0 aliphatic rings. The average Bonchev–Trinajstić information content (AvgIpc) is 2.98. The van der Waals surface area contributed by atoms with Crippen LogP contribution in [-0.4, -0.2) is 23.0 Å². The number of benzene rings is 1. The summed E-state index contributed by atoms with van der Waals surface area (Å²) in [5.41, 5.74) is 4.03. The number of rotatable bonds is 5. The summed E-state index contributed by atoms with van der Waals surface area (Å²) in [4.78, 5) is 28.3. The Morgan fingerprint density at radius 1 is 1.30 bits per heavy atom. The van der Waals surface area contributed by atoms with E-state index < -0.39 is 18.0 Å².